The number of hydrogen-bond donors (Lipinski definition) is 1. The molecule has 2 N–H and O–H groups in total. The van der Waals surface area contributed by atoms with E-state index in [4.69, 9.17) is 26.6 Å². The van der Waals surface area contributed by atoms with Crippen LogP contribution in [0.4, 0.5) is 0 Å². The van der Waals surface area contributed by atoms with Crippen molar-refractivity contribution in [2.75, 3.05) is 6.54 Å². The first kappa shape index (κ1) is 17.0. The lowest BCUT2D eigenvalue weighted by Crippen LogP contribution is -2.41. The Morgan fingerprint density at radius 3 is 2.33 bits per heavy atom. The molecule has 1 aliphatic heterocycles. The van der Waals surface area contributed by atoms with Crippen molar-refractivity contribution < 1.29 is 9.31 Å². The summed E-state index contributed by atoms with van der Waals surface area (Å²) in [4.78, 5) is 0. The number of benzene rings is 1. The van der Waals surface area contributed by atoms with Crippen molar-refractivity contribution in [1.29, 1.82) is 0 Å². The first-order valence-corrected chi connectivity index (χ1v) is 8.04. The molecule has 1 fully saturated rings. The van der Waals surface area contributed by atoms with E-state index in [1.54, 1.807) is 0 Å². The van der Waals surface area contributed by atoms with Crippen molar-refractivity contribution in [3.8, 4) is 0 Å². The van der Waals surface area contributed by atoms with Crippen molar-refractivity contribution in [2.45, 2.75) is 38.9 Å². The van der Waals surface area contributed by atoms with E-state index in [0.29, 0.717) is 11.6 Å². The molecular weight excluding hydrogens is 352 g/mol. The lowest BCUT2D eigenvalue weighted by Gasteiger charge is -2.32. The molecule has 0 aromatic heterocycles. The molecule has 1 aliphatic rings. The zero-order valence-corrected chi connectivity index (χ0v) is 15.1. The summed E-state index contributed by atoms with van der Waals surface area (Å²) < 4.78 is 13.0. The third kappa shape index (κ3) is 3.54. The summed E-state index contributed by atoms with van der Waals surface area (Å²) in [5.74, 6) is 0. The molecule has 3 nitrogen and oxygen atoms in total. The van der Waals surface area contributed by atoms with Gasteiger partial charge in [-0.05, 0) is 50.9 Å². The van der Waals surface area contributed by atoms with Crippen molar-refractivity contribution in [3.63, 3.8) is 0 Å². The predicted molar refractivity (Wildman–Crippen MR) is 92.3 cm³/mol. The van der Waals surface area contributed by atoms with Crippen LogP contribution in [0.3, 0.4) is 0 Å². The molecule has 1 saturated heterocycles. The smallest absolute Gasteiger partial charge is 0.400 e. The standard InChI is InChI=1S/C15H20BBrClNO2/c1-14(2)15(3,4)21-16(20-14)11(9-19)7-10-5-6-12(17)8-13(10)18/h5-8H,9,19H2,1-4H3. The van der Waals surface area contributed by atoms with Crippen molar-refractivity contribution >= 4 is 40.7 Å². The highest BCUT2D eigenvalue weighted by molar-refractivity contribution is 9.10. The van der Waals surface area contributed by atoms with E-state index in [9.17, 15) is 0 Å². The van der Waals surface area contributed by atoms with E-state index >= 15 is 0 Å². The Bertz CT molecular complexity index is 559. The molecule has 0 aliphatic carbocycles. The predicted octanol–water partition coefficient (Wildman–Crippen LogP) is 4.08. The van der Waals surface area contributed by atoms with E-state index in [1.807, 2.05) is 52.0 Å². The summed E-state index contributed by atoms with van der Waals surface area (Å²) in [5, 5.41) is 0.659. The van der Waals surface area contributed by atoms with Crippen LogP contribution in [0.5, 0.6) is 0 Å². The molecule has 6 heteroatoms. The molecule has 2 rings (SSSR count). The second-order valence-corrected chi connectivity index (χ2v) is 7.50. The fourth-order valence-electron chi connectivity index (χ4n) is 2.04. The van der Waals surface area contributed by atoms with E-state index in [-0.39, 0.29) is 11.2 Å². The highest BCUT2D eigenvalue weighted by atomic mass is 79.9. The summed E-state index contributed by atoms with van der Waals surface area (Å²) in [6, 6.07) is 5.73. The Kier molecular flexibility index (Phi) is 4.91. The normalized spacial score (nSPS) is 20.9. The zero-order valence-electron chi connectivity index (χ0n) is 12.7. The highest BCUT2D eigenvalue weighted by Crippen LogP contribution is 2.38. The average Bonchev–Trinajstić information content (AvgIpc) is 2.57. The molecule has 1 aromatic carbocycles. The first-order chi connectivity index (χ1) is 9.66. The Balaban J connectivity index is 2.31. The third-order valence-electron chi connectivity index (χ3n) is 4.10. The van der Waals surface area contributed by atoms with Gasteiger partial charge in [-0.25, -0.2) is 0 Å². The summed E-state index contributed by atoms with van der Waals surface area (Å²) in [6.07, 6.45) is 1.94. The molecule has 0 atom stereocenters. The van der Waals surface area contributed by atoms with E-state index in [1.165, 1.54) is 0 Å². The van der Waals surface area contributed by atoms with Gasteiger partial charge in [0.15, 0.2) is 0 Å². The highest BCUT2D eigenvalue weighted by Gasteiger charge is 2.52. The van der Waals surface area contributed by atoms with Gasteiger partial charge in [0.05, 0.1) is 11.2 Å². The number of nitrogens with two attached hydrogens (primary N) is 1. The third-order valence-corrected chi connectivity index (χ3v) is 4.92. The van der Waals surface area contributed by atoms with Crippen LogP contribution in [0.25, 0.3) is 6.08 Å². The minimum Gasteiger partial charge on any atom is -0.400 e. The monoisotopic (exact) mass is 371 g/mol. The molecule has 0 bridgehead atoms. The van der Waals surface area contributed by atoms with Crippen LogP contribution >= 0.6 is 27.5 Å². The SMILES string of the molecule is CC1(C)OB(C(=Cc2ccc(Br)cc2Cl)CN)OC1(C)C. The molecule has 0 radical (unpaired) electrons. The second kappa shape index (κ2) is 6.05. The van der Waals surface area contributed by atoms with Crippen molar-refractivity contribution in [1.82, 2.24) is 0 Å². The first-order valence-electron chi connectivity index (χ1n) is 6.87. The number of halogens is 2. The van der Waals surface area contributed by atoms with Crippen LogP contribution in [-0.2, 0) is 9.31 Å². The van der Waals surface area contributed by atoms with Crippen LogP contribution in [-0.4, -0.2) is 24.9 Å². The van der Waals surface area contributed by atoms with Gasteiger partial charge in [-0.15, -0.1) is 0 Å². The van der Waals surface area contributed by atoms with Gasteiger partial charge in [-0.3, -0.25) is 0 Å². The minimum atomic E-state index is -0.445. The van der Waals surface area contributed by atoms with E-state index < -0.39 is 7.12 Å². The largest absolute Gasteiger partial charge is 0.491 e. The molecule has 0 spiro atoms. The Labute approximate surface area is 140 Å². The van der Waals surface area contributed by atoms with Crippen molar-refractivity contribution in [3.05, 3.63) is 38.7 Å². The summed E-state index contributed by atoms with van der Waals surface area (Å²) in [6.45, 7) is 8.44. The van der Waals surface area contributed by atoms with Crippen LogP contribution < -0.4 is 5.73 Å². The Hall–Kier alpha value is -0.325. The molecule has 1 aromatic rings. The molecule has 0 saturated carbocycles. The molecule has 1 heterocycles. The number of hydrogen-bond acceptors (Lipinski definition) is 3. The van der Waals surface area contributed by atoms with Gasteiger partial charge in [0.2, 0.25) is 0 Å². The molecule has 0 unspecified atom stereocenters. The number of rotatable bonds is 3. The maximum atomic E-state index is 6.25. The quantitative estimate of drug-likeness (QED) is 0.813. The Morgan fingerprint density at radius 1 is 1.29 bits per heavy atom. The lowest BCUT2D eigenvalue weighted by molar-refractivity contribution is 0.00578. The molecule has 21 heavy (non-hydrogen) atoms. The van der Waals surface area contributed by atoms with E-state index in [0.717, 1.165) is 15.5 Å². The zero-order chi connectivity index (χ0) is 15.8. The van der Waals surface area contributed by atoms with Gasteiger partial charge in [0.1, 0.15) is 0 Å². The minimum absolute atomic E-state index is 0.350. The Morgan fingerprint density at radius 2 is 1.86 bits per heavy atom. The van der Waals surface area contributed by atoms with Crippen LogP contribution in [0.2, 0.25) is 5.02 Å². The van der Waals surface area contributed by atoms with Gasteiger partial charge >= 0.3 is 7.12 Å². The maximum Gasteiger partial charge on any atom is 0.491 e. The lowest BCUT2D eigenvalue weighted by atomic mass is 9.77. The van der Waals surface area contributed by atoms with Crippen LogP contribution in [0, 0.1) is 0 Å². The van der Waals surface area contributed by atoms with Gasteiger partial charge in [-0.1, -0.05) is 39.7 Å². The van der Waals surface area contributed by atoms with Gasteiger partial charge in [0.25, 0.3) is 0 Å². The topological polar surface area (TPSA) is 44.5 Å². The fourth-order valence-corrected chi connectivity index (χ4v) is 2.76. The molecule has 0 amide bonds. The summed E-state index contributed by atoms with van der Waals surface area (Å²) in [7, 11) is -0.445. The van der Waals surface area contributed by atoms with E-state index in [2.05, 4.69) is 15.9 Å². The van der Waals surface area contributed by atoms with Crippen LogP contribution in [0.1, 0.15) is 33.3 Å². The summed E-state index contributed by atoms with van der Waals surface area (Å²) >= 11 is 9.65. The average molecular weight is 372 g/mol. The van der Waals surface area contributed by atoms with Gasteiger partial charge in [0, 0.05) is 16.0 Å². The van der Waals surface area contributed by atoms with Gasteiger partial charge in [-0.2, -0.15) is 0 Å². The summed E-state index contributed by atoms with van der Waals surface area (Å²) in [5.41, 5.74) is 6.89. The van der Waals surface area contributed by atoms with Gasteiger partial charge < -0.3 is 15.0 Å². The maximum absolute atomic E-state index is 6.25. The fraction of sp³-hybridized carbons (Fsp3) is 0.467. The second-order valence-electron chi connectivity index (χ2n) is 6.18. The molecular formula is C15H20BBrClNO2. The van der Waals surface area contributed by atoms with Crippen LogP contribution in [0.15, 0.2) is 28.1 Å². The van der Waals surface area contributed by atoms with Crippen molar-refractivity contribution in [2.24, 2.45) is 5.73 Å². The molecule has 114 valence electrons.